The van der Waals surface area contributed by atoms with Crippen molar-refractivity contribution in [3.63, 3.8) is 0 Å². The molecule has 2 atom stereocenters. The van der Waals surface area contributed by atoms with Crippen LogP contribution in [-0.2, 0) is 22.7 Å². The summed E-state index contributed by atoms with van der Waals surface area (Å²) >= 11 is 0. The van der Waals surface area contributed by atoms with Crippen LogP contribution in [0.15, 0.2) is 24.3 Å². The number of hydrogen-bond donors (Lipinski definition) is 2. The molecule has 3 aliphatic heterocycles. The van der Waals surface area contributed by atoms with Gasteiger partial charge in [0, 0.05) is 24.2 Å². The van der Waals surface area contributed by atoms with Gasteiger partial charge >= 0.3 is 11.9 Å². The molecule has 3 aliphatic rings. The van der Waals surface area contributed by atoms with Crippen molar-refractivity contribution in [3.05, 3.63) is 68.8 Å². The average Bonchev–Trinajstić information content (AvgIpc) is 3.43. The molecule has 36 heavy (non-hydrogen) atoms. The van der Waals surface area contributed by atoms with Gasteiger partial charge in [-0.3, -0.25) is 9.80 Å². The highest BCUT2D eigenvalue weighted by Crippen LogP contribution is 2.34. The largest absolute Gasteiger partial charge is 0.457 e. The van der Waals surface area contributed by atoms with Gasteiger partial charge in [0.05, 0.1) is 36.4 Å². The molecule has 1 saturated heterocycles. The van der Waals surface area contributed by atoms with Gasteiger partial charge in [-0.1, -0.05) is 12.1 Å². The zero-order valence-electron chi connectivity index (χ0n) is 21.0. The molecule has 2 N–H and O–H groups in total. The van der Waals surface area contributed by atoms with E-state index in [2.05, 4.69) is 9.80 Å². The first kappa shape index (κ1) is 24.9. The second-order valence-electron chi connectivity index (χ2n) is 9.94. The number of rotatable bonds is 6. The number of esters is 2. The minimum Gasteiger partial charge on any atom is -0.457 e. The van der Waals surface area contributed by atoms with Crippen LogP contribution in [0.3, 0.4) is 0 Å². The Morgan fingerprint density at radius 2 is 1.14 bits per heavy atom. The summed E-state index contributed by atoms with van der Waals surface area (Å²) in [4.78, 5) is 28.6. The zero-order chi connectivity index (χ0) is 25.4. The minimum absolute atomic E-state index is 0.0180. The van der Waals surface area contributed by atoms with E-state index in [1.54, 1.807) is 0 Å². The van der Waals surface area contributed by atoms with Crippen LogP contribution in [0.1, 0.15) is 79.0 Å². The lowest BCUT2D eigenvalue weighted by Crippen LogP contribution is -2.44. The van der Waals surface area contributed by atoms with Crippen LogP contribution in [0.4, 0.5) is 0 Å². The van der Waals surface area contributed by atoms with Crippen molar-refractivity contribution in [2.45, 2.75) is 52.0 Å². The second kappa shape index (κ2) is 10.3. The van der Waals surface area contributed by atoms with Crippen LogP contribution < -0.4 is 0 Å². The van der Waals surface area contributed by atoms with Gasteiger partial charge in [0.1, 0.15) is 13.2 Å². The quantitative estimate of drug-likeness (QED) is 0.592. The van der Waals surface area contributed by atoms with Gasteiger partial charge < -0.3 is 19.7 Å². The van der Waals surface area contributed by atoms with E-state index < -0.39 is 0 Å². The molecule has 0 amide bonds. The van der Waals surface area contributed by atoms with E-state index >= 15 is 0 Å². The lowest BCUT2D eigenvalue weighted by atomic mass is 9.92. The van der Waals surface area contributed by atoms with Crippen LogP contribution in [0.2, 0.25) is 0 Å². The summed E-state index contributed by atoms with van der Waals surface area (Å²) in [6, 6.07) is 7.18. The molecule has 0 radical (unpaired) electrons. The van der Waals surface area contributed by atoms with E-state index in [0.29, 0.717) is 11.1 Å². The molecule has 3 heterocycles. The standard InChI is InChI=1S/C28H34N2O6/c1-17-19(5-7-21-23(17)15-35-27(21)33)25(13-31)29-9-3-4-10-30(12-11-29)26(14-32)20-6-8-22-24(18(20)2)16-36-28(22)34/h5-8,25-26,31-32H,3-4,9-16H2,1-2H3/t25-,26-/m0/s1. The summed E-state index contributed by atoms with van der Waals surface area (Å²) in [6.45, 7) is 7.75. The molecule has 0 saturated carbocycles. The maximum atomic E-state index is 12.0. The van der Waals surface area contributed by atoms with E-state index in [-0.39, 0.29) is 50.4 Å². The van der Waals surface area contributed by atoms with E-state index in [1.165, 1.54) is 0 Å². The van der Waals surface area contributed by atoms with Crippen LogP contribution in [-0.4, -0.2) is 71.3 Å². The lowest BCUT2D eigenvalue weighted by molar-refractivity contribution is 0.0525. The van der Waals surface area contributed by atoms with E-state index in [9.17, 15) is 19.8 Å². The maximum absolute atomic E-state index is 12.0. The minimum atomic E-state index is -0.282. The fourth-order valence-corrected chi connectivity index (χ4v) is 6.01. The number of ether oxygens (including phenoxy) is 2. The van der Waals surface area contributed by atoms with Gasteiger partial charge in [-0.25, -0.2) is 9.59 Å². The van der Waals surface area contributed by atoms with Crippen LogP contribution in [0, 0.1) is 13.8 Å². The molecular weight excluding hydrogens is 460 g/mol. The maximum Gasteiger partial charge on any atom is 0.338 e. The zero-order valence-corrected chi connectivity index (χ0v) is 21.0. The topological polar surface area (TPSA) is 99.5 Å². The molecule has 2 aromatic carbocycles. The molecule has 0 aliphatic carbocycles. The Morgan fingerprint density at radius 1 is 0.722 bits per heavy atom. The molecule has 8 nitrogen and oxygen atoms in total. The smallest absolute Gasteiger partial charge is 0.338 e. The predicted molar refractivity (Wildman–Crippen MR) is 133 cm³/mol. The van der Waals surface area contributed by atoms with Gasteiger partial charge in [0.25, 0.3) is 0 Å². The third-order valence-corrected chi connectivity index (χ3v) is 8.18. The molecule has 8 heteroatoms. The van der Waals surface area contributed by atoms with E-state index in [0.717, 1.165) is 72.4 Å². The summed E-state index contributed by atoms with van der Waals surface area (Å²) in [5.74, 6) is -0.565. The highest BCUT2D eigenvalue weighted by atomic mass is 16.5. The summed E-state index contributed by atoms with van der Waals surface area (Å²) in [5.41, 5.74) is 7.15. The first-order valence-corrected chi connectivity index (χ1v) is 12.7. The molecule has 1 fully saturated rings. The fraction of sp³-hybridized carbons (Fsp3) is 0.500. The highest BCUT2D eigenvalue weighted by molar-refractivity contribution is 5.94. The summed E-state index contributed by atoms with van der Waals surface area (Å²) in [6.07, 6.45) is 1.95. The van der Waals surface area contributed by atoms with Gasteiger partial charge in [0.15, 0.2) is 0 Å². The number of aliphatic hydroxyl groups is 2. The number of cyclic esters (lactones) is 2. The normalized spacial score (nSPS) is 20.2. The summed E-state index contributed by atoms with van der Waals surface area (Å²) in [5, 5.41) is 20.9. The van der Waals surface area contributed by atoms with Gasteiger partial charge in [-0.15, -0.1) is 0 Å². The highest BCUT2D eigenvalue weighted by Gasteiger charge is 2.31. The number of hydrogen-bond acceptors (Lipinski definition) is 8. The third-order valence-electron chi connectivity index (χ3n) is 8.18. The lowest BCUT2D eigenvalue weighted by Gasteiger charge is -2.39. The molecule has 192 valence electrons. The number of nitrogens with zero attached hydrogens (tertiary/aromatic N) is 2. The second-order valence-corrected chi connectivity index (χ2v) is 9.94. The number of carbonyl (C=O) groups is 2. The Balaban J connectivity index is 1.37. The van der Waals surface area contributed by atoms with Crippen molar-refractivity contribution in [1.82, 2.24) is 9.80 Å². The fourth-order valence-electron chi connectivity index (χ4n) is 6.01. The Labute approximate surface area is 211 Å². The summed E-state index contributed by atoms with van der Waals surface area (Å²) < 4.78 is 10.4. The van der Waals surface area contributed by atoms with Crippen molar-refractivity contribution in [1.29, 1.82) is 0 Å². The number of aliphatic hydroxyl groups excluding tert-OH is 2. The van der Waals surface area contributed by atoms with Crippen molar-refractivity contribution >= 4 is 11.9 Å². The van der Waals surface area contributed by atoms with Crippen LogP contribution in [0.25, 0.3) is 0 Å². The molecule has 0 spiro atoms. The third kappa shape index (κ3) is 4.32. The SMILES string of the molecule is Cc1c([C@H](CO)N2CCCCN([C@@H](CO)c3ccc4c(c3C)COC4=O)CC2)ccc2c1COC2=O. The van der Waals surface area contributed by atoms with Crippen LogP contribution in [0.5, 0.6) is 0 Å². The first-order valence-electron chi connectivity index (χ1n) is 12.7. The molecule has 2 aromatic rings. The first-order chi connectivity index (χ1) is 17.4. The number of fused-ring (bicyclic) bond motifs is 2. The predicted octanol–water partition coefficient (Wildman–Crippen LogP) is 2.81. The average molecular weight is 495 g/mol. The molecule has 5 rings (SSSR count). The molecular formula is C28H34N2O6. The molecule has 0 bridgehead atoms. The monoisotopic (exact) mass is 494 g/mol. The van der Waals surface area contributed by atoms with E-state index in [4.69, 9.17) is 9.47 Å². The Bertz CT molecular complexity index is 1090. The number of carbonyl (C=O) groups excluding carboxylic acids is 2. The van der Waals surface area contributed by atoms with E-state index in [1.807, 2.05) is 38.1 Å². The van der Waals surface area contributed by atoms with Gasteiger partial charge in [0.2, 0.25) is 0 Å². The summed E-state index contributed by atoms with van der Waals surface area (Å²) in [7, 11) is 0. The van der Waals surface area contributed by atoms with Crippen LogP contribution >= 0.6 is 0 Å². The molecule has 0 unspecified atom stereocenters. The number of benzene rings is 2. The van der Waals surface area contributed by atoms with Crippen molar-refractivity contribution in [2.24, 2.45) is 0 Å². The Morgan fingerprint density at radius 3 is 1.53 bits per heavy atom. The van der Waals surface area contributed by atoms with Crippen molar-refractivity contribution in [2.75, 3.05) is 39.4 Å². The van der Waals surface area contributed by atoms with Gasteiger partial charge in [-0.05, 0) is 74.2 Å². The Hall–Kier alpha value is -2.78. The van der Waals surface area contributed by atoms with Gasteiger partial charge in [-0.2, -0.15) is 0 Å². The molecule has 0 aromatic heterocycles. The van der Waals surface area contributed by atoms with Crippen molar-refractivity contribution < 1.29 is 29.3 Å². The van der Waals surface area contributed by atoms with Crippen molar-refractivity contribution in [3.8, 4) is 0 Å². The Kier molecular flexibility index (Phi) is 7.12.